The molecule has 0 saturated heterocycles. The summed E-state index contributed by atoms with van der Waals surface area (Å²) in [6, 6.07) is 32.7. The van der Waals surface area contributed by atoms with E-state index in [1.165, 1.54) is 0 Å². The molecule has 4 aromatic rings. The second kappa shape index (κ2) is 8.41. The number of rotatable bonds is 2. The third-order valence-electron chi connectivity index (χ3n) is 3.56. The van der Waals surface area contributed by atoms with Gasteiger partial charge in [-0.15, -0.1) is 0 Å². The summed E-state index contributed by atoms with van der Waals surface area (Å²) in [6.45, 7) is 0. The molecule has 0 bridgehead atoms. The lowest BCUT2D eigenvalue weighted by Crippen LogP contribution is -1.70. The van der Waals surface area contributed by atoms with Crippen LogP contribution in [-0.4, -0.2) is 5.11 Å². The second-order valence-electron chi connectivity index (χ2n) is 5.37. The smallest absolute Gasteiger partial charge is 0.123 e. The molecular formula is C22H18N2O. The third kappa shape index (κ3) is 4.75. The summed E-state index contributed by atoms with van der Waals surface area (Å²) in [7, 11) is 0. The molecule has 25 heavy (non-hydrogen) atoms. The normalized spacial score (nSPS) is 10.4. The maximum absolute atomic E-state index is 9.37. The van der Waals surface area contributed by atoms with E-state index in [0.29, 0.717) is 5.75 Å². The van der Waals surface area contributed by atoms with E-state index < -0.39 is 0 Å². The highest BCUT2D eigenvalue weighted by Crippen LogP contribution is 2.23. The molecule has 0 aliphatic carbocycles. The van der Waals surface area contributed by atoms with E-state index in [1.54, 1.807) is 6.07 Å². The zero-order valence-corrected chi connectivity index (χ0v) is 13.7. The highest BCUT2D eigenvalue weighted by Gasteiger charge is 1.94. The molecule has 0 saturated carbocycles. The van der Waals surface area contributed by atoms with Crippen molar-refractivity contribution in [2.75, 3.05) is 0 Å². The maximum Gasteiger partial charge on any atom is 0.123 e. The fourth-order valence-electron chi connectivity index (χ4n) is 2.31. The van der Waals surface area contributed by atoms with Crippen molar-refractivity contribution < 1.29 is 5.11 Å². The molecule has 0 amide bonds. The van der Waals surface area contributed by atoms with Gasteiger partial charge in [0.1, 0.15) is 5.75 Å². The van der Waals surface area contributed by atoms with Crippen molar-refractivity contribution in [3.05, 3.63) is 103 Å². The van der Waals surface area contributed by atoms with Gasteiger partial charge in [-0.1, -0.05) is 72.8 Å². The van der Waals surface area contributed by atoms with Crippen LogP contribution >= 0.6 is 0 Å². The second-order valence-corrected chi connectivity index (χ2v) is 5.37. The molecular weight excluding hydrogens is 308 g/mol. The third-order valence-corrected chi connectivity index (χ3v) is 3.56. The number of benzene rings is 4. The first-order chi connectivity index (χ1) is 12.3. The molecule has 0 aliphatic heterocycles. The quantitative estimate of drug-likeness (QED) is 0.412. The van der Waals surface area contributed by atoms with Crippen LogP contribution in [0.15, 0.2) is 113 Å². The Balaban J connectivity index is 0.000000150. The minimum atomic E-state index is 0.350. The van der Waals surface area contributed by atoms with E-state index in [0.717, 1.165) is 22.1 Å². The molecule has 0 fully saturated rings. The average Bonchev–Trinajstić information content (AvgIpc) is 2.69. The number of phenols is 1. The van der Waals surface area contributed by atoms with Gasteiger partial charge >= 0.3 is 0 Å². The van der Waals surface area contributed by atoms with Crippen molar-refractivity contribution >= 4 is 22.1 Å². The fraction of sp³-hybridized carbons (Fsp3) is 0. The Morgan fingerprint density at radius 3 is 1.52 bits per heavy atom. The summed E-state index contributed by atoms with van der Waals surface area (Å²) in [5.41, 5.74) is 1.74. The number of nitrogens with zero attached hydrogens (tertiary/aromatic N) is 2. The Bertz CT molecular complexity index is 904. The molecule has 122 valence electrons. The molecule has 3 heteroatoms. The highest BCUT2D eigenvalue weighted by molar-refractivity contribution is 5.87. The minimum Gasteiger partial charge on any atom is -0.507 e. The summed E-state index contributed by atoms with van der Waals surface area (Å²) in [6.07, 6.45) is 0. The Morgan fingerprint density at radius 1 is 0.480 bits per heavy atom. The van der Waals surface area contributed by atoms with E-state index in [4.69, 9.17) is 0 Å². The van der Waals surface area contributed by atoms with E-state index >= 15 is 0 Å². The van der Waals surface area contributed by atoms with Gasteiger partial charge in [0.25, 0.3) is 0 Å². The Labute approximate surface area is 146 Å². The van der Waals surface area contributed by atoms with Crippen LogP contribution in [0.1, 0.15) is 0 Å². The predicted octanol–water partition coefficient (Wildman–Crippen LogP) is 6.65. The molecule has 0 aromatic heterocycles. The van der Waals surface area contributed by atoms with Crippen molar-refractivity contribution in [1.29, 1.82) is 0 Å². The van der Waals surface area contributed by atoms with Gasteiger partial charge < -0.3 is 5.11 Å². The summed E-state index contributed by atoms with van der Waals surface area (Å²) in [5, 5.41) is 19.6. The minimum absolute atomic E-state index is 0.350. The van der Waals surface area contributed by atoms with Gasteiger partial charge in [-0.3, -0.25) is 0 Å². The van der Waals surface area contributed by atoms with Gasteiger partial charge in [-0.25, -0.2) is 0 Å². The molecule has 1 N–H and O–H groups in total. The lowest BCUT2D eigenvalue weighted by molar-refractivity contribution is 0.481. The van der Waals surface area contributed by atoms with Crippen LogP contribution in [0, 0.1) is 0 Å². The first-order valence-corrected chi connectivity index (χ1v) is 8.01. The van der Waals surface area contributed by atoms with Crippen molar-refractivity contribution in [1.82, 2.24) is 0 Å². The molecule has 0 unspecified atom stereocenters. The Hall–Kier alpha value is -3.46. The first-order valence-electron chi connectivity index (χ1n) is 8.01. The average molecular weight is 326 g/mol. The van der Waals surface area contributed by atoms with Gasteiger partial charge in [0, 0.05) is 5.39 Å². The van der Waals surface area contributed by atoms with E-state index in [9.17, 15) is 5.11 Å². The number of hydrogen-bond acceptors (Lipinski definition) is 3. The first kappa shape index (κ1) is 16.4. The highest BCUT2D eigenvalue weighted by atomic mass is 16.3. The molecule has 4 aromatic carbocycles. The molecule has 3 nitrogen and oxygen atoms in total. The van der Waals surface area contributed by atoms with Crippen molar-refractivity contribution in [3.63, 3.8) is 0 Å². The number of azo groups is 1. The van der Waals surface area contributed by atoms with Crippen LogP contribution in [0.25, 0.3) is 10.8 Å². The zero-order valence-electron chi connectivity index (χ0n) is 13.7. The van der Waals surface area contributed by atoms with Crippen LogP contribution < -0.4 is 0 Å². The van der Waals surface area contributed by atoms with Crippen LogP contribution in [-0.2, 0) is 0 Å². The molecule has 4 rings (SSSR count). The van der Waals surface area contributed by atoms with Crippen molar-refractivity contribution in [3.8, 4) is 5.75 Å². The van der Waals surface area contributed by atoms with Crippen LogP contribution in [0.3, 0.4) is 0 Å². The predicted molar refractivity (Wildman–Crippen MR) is 103 cm³/mol. The largest absolute Gasteiger partial charge is 0.507 e. The lowest BCUT2D eigenvalue weighted by Gasteiger charge is -1.97. The van der Waals surface area contributed by atoms with Crippen LogP contribution in [0.5, 0.6) is 5.75 Å². The van der Waals surface area contributed by atoms with Crippen molar-refractivity contribution in [2.24, 2.45) is 10.2 Å². The van der Waals surface area contributed by atoms with Gasteiger partial charge in [-0.2, -0.15) is 10.2 Å². The number of aromatic hydroxyl groups is 1. The Kier molecular flexibility index (Phi) is 5.52. The zero-order chi connectivity index (χ0) is 17.3. The maximum atomic E-state index is 9.37. The number of fused-ring (bicyclic) bond motifs is 1. The van der Waals surface area contributed by atoms with Crippen LogP contribution in [0.4, 0.5) is 11.4 Å². The summed E-state index contributed by atoms with van der Waals surface area (Å²) >= 11 is 0. The van der Waals surface area contributed by atoms with E-state index in [2.05, 4.69) is 10.2 Å². The van der Waals surface area contributed by atoms with Gasteiger partial charge in [0.05, 0.1) is 11.4 Å². The lowest BCUT2D eigenvalue weighted by atomic mass is 10.1. The van der Waals surface area contributed by atoms with Crippen LogP contribution in [0.2, 0.25) is 0 Å². The Morgan fingerprint density at radius 2 is 0.960 bits per heavy atom. The monoisotopic (exact) mass is 326 g/mol. The molecule has 0 heterocycles. The molecule has 0 aliphatic rings. The summed E-state index contributed by atoms with van der Waals surface area (Å²) in [5.74, 6) is 0.350. The molecule has 0 atom stereocenters. The van der Waals surface area contributed by atoms with Gasteiger partial charge in [0.15, 0.2) is 0 Å². The standard InChI is InChI=1S/C12H10N2.C10H8O/c1-3-7-11(8-4-1)13-14-12-9-5-2-6-10-12;11-10-7-3-5-8-4-1-2-6-9(8)10/h1-10H;1-7,11H/b14-13+;. The van der Waals surface area contributed by atoms with E-state index in [1.807, 2.05) is 97.1 Å². The summed E-state index contributed by atoms with van der Waals surface area (Å²) in [4.78, 5) is 0. The van der Waals surface area contributed by atoms with Gasteiger partial charge in [-0.05, 0) is 35.7 Å². The number of phenolic OH excluding ortho intramolecular Hbond substituents is 1. The number of hydrogen-bond donors (Lipinski definition) is 1. The van der Waals surface area contributed by atoms with E-state index in [-0.39, 0.29) is 0 Å². The topological polar surface area (TPSA) is 45.0 Å². The molecule has 0 spiro atoms. The fourth-order valence-corrected chi connectivity index (χ4v) is 2.31. The van der Waals surface area contributed by atoms with Crippen molar-refractivity contribution in [2.45, 2.75) is 0 Å². The molecule has 0 radical (unpaired) electrons. The summed E-state index contributed by atoms with van der Waals surface area (Å²) < 4.78 is 0. The van der Waals surface area contributed by atoms with Gasteiger partial charge in [0.2, 0.25) is 0 Å². The SMILES string of the molecule is Oc1cccc2ccccc12.c1ccc(/N=N/c2ccccc2)cc1.